The van der Waals surface area contributed by atoms with Gasteiger partial charge in [0.1, 0.15) is 5.75 Å². The van der Waals surface area contributed by atoms with Crippen molar-refractivity contribution in [2.24, 2.45) is 0 Å². The number of hydrogen-bond acceptors (Lipinski definition) is 4. The van der Waals surface area contributed by atoms with E-state index in [9.17, 15) is 9.59 Å². The minimum Gasteiger partial charge on any atom is -0.497 e. The van der Waals surface area contributed by atoms with Gasteiger partial charge in [-0.3, -0.25) is 9.59 Å². The number of rotatable bonds is 5. The Morgan fingerprint density at radius 1 is 1.00 bits per heavy atom. The summed E-state index contributed by atoms with van der Waals surface area (Å²) in [7, 11) is 1.60. The minimum atomic E-state index is -0.228. The second-order valence-corrected chi connectivity index (χ2v) is 7.69. The van der Waals surface area contributed by atoms with Crippen LogP contribution in [0.25, 0.3) is 0 Å². The number of carbonyl (C=O) groups excluding carboxylic acids is 2. The van der Waals surface area contributed by atoms with Gasteiger partial charge in [-0.15, -0.1) is 0 Å². The van der Waals surface area contributed by atoms with E-state index >= 15 is 0 Å². The maximum atomic E-state index is 13.0. The van der Waals surface area contributed by atoms with Crippen LogP contribution in [0.15, 0.2) is 48.5 Å². The highest BCUT2D eigenvalue weighted by atomic mass is 32.1. The highest BCUT2D eigenvalue weighted by molar-refractivity contribution is 7.80. The number of thiocarbonyl (C=S) groups is 1. The topological polar surface area (TPSA) is 70.7 Å². The van der Waals surface area contributed by atoms with Crippen molar-refractivity contribution in [3.63, 3.8) is 0 Å². The van der Waals surface area contributed by atoms with E-state index in [0.717, 1.165) is 50.1 Å². The third kappa shape index (κ3) is 6.03. The second-order valence-electron chi connectivity index (χ2n) is 7.28. The quantitative estimate of drug-likeness (QED) is 0.714. The molecule has 1 aliphatic heterocycles. The highest BCUT2D eigenvalue weighted by Gasteiger charge is 2.20. The van der Waals surface area contributed by atoms with E-state index < -0.39 is 0 Å². The van der Waals surface area contributed by atoms with Crippen LogP contribution in [-0.4, -0.2) is 42.0 Å². The van der Waals surface area contributed by atoms with Gasteiger partial charge in [-0.25, -0.2) is 0 Å². The van der Waals surface area contributed by atoms with Gasteiger partial charge in [0.15, 0.2) is 5.11 Å². The number of ether oxygens (including phenoxy) is 1. The summed E-state index contributed by atoms with van der Waals surface area (Å²) in [5, 5.41) is 5.87. The van der Waals surface area contributed by atoms with Gasteiger partial charge in [0.25, 0.3) is 5.91 Å². The fourth-order valence-corrected chi connectivity index (χ4v) is 3.70. The van der Waals surface area contributed by atoms with Gasteiger partial charge >= 0.3 is 0 Å². The summed E-state index contributed by atoms with van der Waals surface area (Å²) in [6, 6.07) is 14.6. The van der Waals surface area contributed by atoms with E-state index in [1.54, 1.807) is 19.2 Å². The Kier molecular flexibility index (Phi) is 7.79. The molecule has 1 fully saturated rings. The molecule has 0 aromatic heterocycles. The summed E-state index contributed by atoms with van der Waals surface area (Å²) in [6.07, 6.45) is 4.57. The second kappa shape index (κ2) is 10.7. The van der Waals surface area contributed by atoms with Crippen LogP contribution in [0.5, 0.6) is 5.75 Å². The molecule has 7 heteroatoms. The maximum Gasteiger partial charge on any atom is 0.255 e. The van der Waals surface area contributed by atoms with Crippen LogP contribution < -0.4 is 15.4 Å². The SMILES string of the molecule is COc1ccc(CC(=O)NC(=S)Nc2ccccc2C(=O)N2CCCCCC2)cc1. The molecule has 6 nitrogen and oxygen atoms in total. The molecule has 2 aromatic carbocycles. The van der Waals surface area contributed by atoms with Crippen molar-refractivity contribution in [3.8, 4) is 5.75 Å². The van der Waals surface area contributed by atoms with E-state index in [2.05, 4.69) is 10.6 Å². The number of methoxy groups -OCH3 is 1. The first-order valence-corrected chi connectivity index (χ1v) is 10.6. The summed E-state index contributed by atoms with van der Waals surface area (Å²) in [5.41, 5.74) is 2.01. The van der Waals surface area contributed by atoms with Crippen LogP contribution >= 0.6 is 12.2 Å². The molecule has 1 heterocycles. The van der Waals surface area contributed by atoms with Crippen molar-refractivity contribution in [2.45, 2.75) is 32.1 Å². The summed E-state index contributed by atoms with van der Waals surface area (Å²) < 4.78 is 5.12. The van der Waals surface area contributed by atoms with Crippen molar-refractivity contribution in [2.75, 3.05) is 25.5 Å². The molecule has 0 radical (unpaired) electrons. The lowest BCUT2D eigenvalue weighted by Crippen LogP contribution is -2.36. The van der Waals surface area contributed by atoms with Crippen LogP contribution in [0, 0.1) is 0 Å². The van der Waals surface area contributed by atoms with Crippen LogP contribution in [0.3, 0.4) is 0 Å². The number of carbonyl (C=O) groups is 2. The van der Waals surface area contributed by atoms with Crippen LogP contribution in [0.4, 0.5) is 5.69 Å². The third-order valence-electron chi connectivity index (χ3n) is 5.08. The number of likely N-dealkylation sites (tertiary alicyclic amines) is 1. The largest absolute Gasteiger partial charge is 0.497 e. The predicted molar refractivity (Wildman–Crippen MR) is 122 cm³/mol. The van der Waals surface area contributed by atoms with Gasteiger partial charge in [-0.05, 0) is 54.9 Å². The Bertz CT molecular complexity index is 891. The molecular weight excluding hydrogens is 398 g/mol. The average molecular weight is 426 g/mol. The fraction of sp³-hybridized carbons (Fsp3) is 0.348. The molecule has 1 saturated heterocycles. The highest BCUT2D eigenvalue weighted by Crippen LogP contribution is 2.20. The van der Waals surface area contributed by atoms with E-state index in [1.807, 2.05) is 41.3 Å². The molecule has 158 valence electrons. The molecule has 30 heavy (non-hydrogen) atoms. The van der Waals surface area contributed by atoms with Crippen molar-refractivity contribution in [1.82, 2.24) is 10.2 Å². The van der Waals surface area contributed by atoms with Crippen LogP contribution in [0.1, 0.15) is 41.6 Å². The van der Waals surface area contributed by atoms with Gasteiger partial charge in [-0.2, -0.15) is 0 Å². The van der Waals surface area contributed by atoms with E-state index in [0.29, 0.717) is 11.3 Å². The molecular formula is C23H27N3O3S. The number of benzene rings is 2. The van der Waals surface area contributed by atoms with Crippen molar-refractivity contribution in [3.05, 3.63) is 59.7 Å². The molecule has 2 amide bonds. The predicted octanol–water partition coefficient (Wildman–Crippen LogP) is 3.77. The molecule has 0 atom stereocenters. The zero-order chi connectivity index (χ0) is 21.3. The Morgan fingerprint density at radius 2 is 1.67 bits per heavy atom. The standard InChI is InChI=1S/C23H27N3O3S/c1-29-18-12-10-17(11-13-18)16-21(27)25-23(30)24-20-9-5-4-8-19(20)22(28)26-14-6-2-3-7-15-26/h4-5,8-13H,2-3,6-7,14-16H2,1H3,(H2,24,25,27,30). The van der Waals surface area contributed by atoms with Crippen molar-refractivity contribution >= 4 is 34.8 Å². The van der Waals surface area contributed by atoms with E-state index in [-0.39, 0.29) is 23.3 Å². The number of nitrogens with one attached hydrogen (secondary N) is 2. The maximum absolute atomic E-state index is 13.0. The first-order valence-electron chi connectivity index (χ1n) is 10.2. The van der Waals surface area contributed by atoms with Gasteiger partial charge in [0, 0.05) is 13.1 Å². The number of para-hydroxylation sites is 1. The molecule has 0 saturated carbocycles. The molecule has 0 bridgehead atoms. The Hall–Kier alpha value is -2.93. The molecule has 2 aromatic rings. The number of nitrogens with zero attached hydrogens (tertiary/aromatic N) is 1. The van der Waals surface area contributed by atoms with Crippen molar-refractivity contribution in [1.29, 1.82) is 0 Å². The lowest BCUT2D eigenvalue weighted by atomic mass is 10.1. The fourth-order valence-electron chi connectivity index (χ4n) is 3.48. The first kappa shape index (κ1) is 21.8. The van der Waals surface area contributed by atoms with Crippen LogP contribution in [-0.2, 0) is 11.2 Å². The van der Waals surface area contributed by atoms with Gasteiger partial charge in [-0.1, -0.05) is 37.1 Å². The van der Waals surface area contributed by atoms with Crippen LogP contribution in [0.2, 0.25) is 0 Å². The summed E-state index contributed by atoms with van der Waals surface area (Å²) in [6.45, 7) is 1.55. The molecule has 0 unspecified atom stereocenters. The third-order valence-corrected chi connectivity index (χ3v) is 5.28. The summed E-state index contributed by atoms with van der Waals surface area (Å²) in [4.78, 5) is 27.2. The minimum absolute atomic E-state index is 0.00707. The smallest absolute Gasteiger partial charge is 0.255 e. The Labute approximate surface area is 182 Å². The Morgan fingerprint density at radius 3 is 2.33 bits per heavy atom. The summed E-state index contributed by atoms with van der Waals surface area (Å²) in [5.74, 6) is 0.503. The molecule has 0 spiro atoms. The number of anilines is 1. The molecule has 1 aliphatic rings. The van der Waals surface area contributed by atoms with Crippen molar-refractivity contribution < 1.29 is 14.3 Å². The van der Waals surface area contributed by atoms with Gasteiger partial charge < -0.3 is 20.3 Å². The first-order chi connectivity index (χ1) is 14.6. The van der Waals surface area contributed by atoms with E-state index in [1.165, 1.54) is 0 Å². The molecule has 3 rings (SSSR count). The lowest BCUT2D eigenvalue weighted by Gasteiger charge is -2.22. The lowest BCUT2D eigenvalue weighted by molar-refractivity contribution is -0.119. The van der Waals surface area contributed by atoms with Gasteiger partial charge in [0.05, 0.1) is 24.8 Å². The van der Waals surface area contributed by atoms with Gasteiger partial charge in [0.2, 0.25) is 5.91 Å². The average Bonchev–Trinajstić information content (AvgIpc) is 3.03. The summed E-state index contributed by atoms with van der Waals surface area (Å²) >= 11 is 5.30. The zero-order valence-electron chi connectivity index (χ0n) is 17.1. The number of amides is 2. The molecule has 2 N–H and O–H groups in total. The molecule has 0 aliphatic carbocycles. The normalized spacial score (nSPS) is 13.8. The monoisotopic (exact) mass is 425 g/mol. The number of hydrogen-bond donors (Lipinski definition) is 2. The van der Waals surface area contributed by atoms with E-state index in [4.69, 9.17) is 17.0 Å². The Balaban J connectivity index is 1.60. The zero-order valence-corrected chi connectivity index (χ0v) is 18.0.